The molecule has 4 aliphatic heterocycles. The Labute approximate surface area is 612 Å². The van der Waals surface area contributed by atoms with Gasteiger partial charge in [-0.2, -0.15) is 0 Å². The summed E-state index contributed by atoms with van der Waals surface area (Å²) in [7, 11) is 0. The molecule has 0 saturated carbocycles. The Kier molecular flexibility index (Phi) is 11.9. The number of anilines is 12. The van der Waals surface area contributed by atoms with Crippen molar-refractivity contribution >= 4 is 212 Å². The molecule has 0 radical (unpaired) electrons. The van der Waals surface area contributed by atoms with Crippen molar-refractivity contribution in [1.82, 2.24) is 9.13 Å². The van der Waals surface area contributed by atoms with Crippen molar-refractivity contribution in [3.05, 3.63) is 364 Å². The molecule has 20 aromatic rings. The molecular formula is C98H60B2N6. The number of fused-ring (bicyclic) bond motifs is 25. The molecule has 488 valence electrons. The van der Waals surface area contributed by atoms with Gasteiger partial charge in [-0.3, -0.25) is 0 Å². The van der Waals surface area contributed by atoms with E-state index in [9.17, 15) is 0 Å². The minimum Gasteiger partial charge on any atom is -0.311 e. The molecule has 0 saturated heterocycles. The highest BCUT2D eigenvalue weighted by Crippen LogP contribution is 2.53. The van der Waals surface area contributed by atoms with Crippen LogP contribution >= 0.6 is 0 Å². The molecule has 0 unspecified atom stereocenters. The fourth-order valence-corrected chi connectivity index (χ4v) is 19.6. The molecule has 6 heterocycles. The second-order valence-corrected chi connectivity index (χ2v) is 29.0. The van der Waals surface area contributed by atoms with E-state index in [2.05, 4.69) is 393 Å². The van der Waals surface area contributed by atoms with Gasteiger partial charge in [-0.1, -0.05) is 255 Å². The molecule has 0 bridgehead atoms. The van der Waals surface area contributed by atoms with Crippen LogP contribution in [0, 0.1) is 0 Å². The van der Waals surface area contributed by atoms with Gasteiger partial charge in [0, 0.05) is 95.2 Å². The molecule has 6 nitrogen and oxygen atoms in total. The number of hydrogen-bond acceptors (Lipinski definition) is 4. The van der Waals surface area contributed by atoms with E-state index in [1.807, 2.05) is 0 Å². The third-order valence-corrected chi connectivity index (χ3v) is 23.7. The molecule has 106 heavy (non-hydrogen) atoms. The minimum absolute atomic E-state index is 0.188. The van der Waals surface area contributed by atoms with Gasteiger partial charge >= 0.3 is 0 Å². The number of para-hydroxylation sites is 6. The monoisotopic (exact) mass is 1340 g/mol. The van der Waals surface area contributed by atoms with Crippen molar-refractivity contribution in [2.75, 3.05) is 19.6 Å². The molecule has 0 N–H and O–H groups in total. The SMILES string of the molecule is c1ccc(N2c3ccccc3B3c4cc5c(cc4N(c4ccccc4)c4cc(-n6c7ccc8ccccc8c7c7c8ccccc8ccc76)cc2c43)N(c2ccccc2)c2cc(-n3c4ccc6ccccc6c4c4c6ccccc6c6ccccc6c43)cc3c2B5c2ccccc2N3c2ccccc2)cc1. The van der Waals surface area contributed by atoms with Gasteiger partial charge in [0.05, 0.1) is 33.4 Å². The number of nitrogens with zero attached hydrogens (tertiary/aromatic N) is 6. The average molecular weight is 1340 g/mol. The summed E-state index contributed by atoms with van der Waals surface area (Å²) in [4.78, 5) is 10.4. The molecule has 8 heteroatoms. The van der Waals surface area contributed by atoms with Crippen LogP contribution in [0.25, 0.3) is 109 Å². The van der Waals surface area contributed by atoms with Crippen molar-refractivity contribution in [3.63, 3.8) is 0 Å². The molecule has 0 amide bonds. The molecule has 0 atom stereocenters. The molecule has 2 aromatic heterocycles. The summed E-state index contributed by atoms with van der Waals surface area (Å²) < 4.78 is 5.19. The highest BCUT2D eigenvalue weighted by Gasteiger charge is 2.49. The van der Waals surface area contributed by atoms with E-state index in [-0.39, 0.29) is 13.4 Å². The fraction of sp³-hybridized carbons (Fsp3) is 0. The van der Waals surface area contributed by atoms with Gasteiger partial charge in [0.25, 0.3) is 13.4 Å². The van der Waals surface area contributed by atoms with E-state index in [1.165, 1.54) is 114 Å². The first-order valence-electron chi connectivity index (χ1n) is 36.9. The number of hydrogen-bond donors (Lipinski definition) is 0. The van der Waals surface area contributed by atoms with Gasteiger partial charge in [0.2, 0.25) is 0 Å². The molecule has 24 rings (SSSR count). The summed E-state index contributed by atoms with van der Waals surface area (Å²) in [5, 5.41) is 17.4. The van der Waals surface area contributed by atoms with Crippen molar-refractivity contribution in [1.29, 1.82) is 0 Å². The lowest BCUT2D eigenvalue weighted by Gasteiger charge is -2.47. The Hall–Kier alpha value is -13.8. The summed E-state index contributed by atoms with van der Waals surface area (Å²) in [6.07, 6.45) is 0. The predicted octanol–water partition coefficient (Wildman–Crippen LogP) is 21.8. The molecule has 4 aliphatic rings. The van der Waals surface area contributed by atoms with Gasteiger partial charge in [-0.25, -0.2) is 0 Å². The highest BCUT2D eigenvalue weighted by molar-refractivity contribution is 7.03. The Morgan fingerprint density at radius 2 is 0.491 bits per heavy atom. The lowest BCUT2D eigenvalue weighted by molar-refractivity contribution is 1.16. The van der Waals surface area contributed by atoms with Crippen LogP contribution in [0.3, 0.4) is 0 Å². The topological polar surface area (TPSA) is 22.8 Å². The van der Waals surface area contributed by atoms with Crippen LogP contribution in [-0.4, -0.2) is 22.6 Å². The van der Waals surface area contributed by atoms with Gasteiger partial charge in [-0.15, -0.1) is 0 Å². The third kappa shape index (κ3) is 7.86. The van der Waals surface area contributed by atoms with Crippen LogP contribution in [0.2, 0.25) is 0 Å². The summed E-state index contributed by atoms with van der Waals surface area (Å²) in [6.45, 7) is -0.384. The first kappa shape index (κ1) is 57.8. The summed E-state index contributed by atoms with van der Waals surface area (Å²) in [5.74, 6) is 0. The summed E-state index contributed by atoms with van der Waals surface area (Å²) in [6, 6.07) is 138. The third-order valence-electron chi connectivity index (χ3n) is 23.7. The molecular weight excluding hydrogens is 1280 g/mol. The van der Waals surface area contributed by atoms with Crippen LogP contribution < -0.4 is 52.4 Å². The highest BCUT2D eigenvalue weighted by atomic mass is 15.2. The van der Waals surface area contributed by atoms with E-state index in [1.54, 1.807) is 0 Å². The maximum absolute atomic E-state index is 2.66. The van der Waals surface area contributed by atoms with E-state index >= 15 is 0 Å². The van der Waals surface area contributed by atoms with Gasteiger partial charge in [0.1, 0.15) is 0 Å². The summed E-state index contributed by atoms with van der Waals surface area (Å²) >= 11 is 0. The molecule has 0 spiro atoms. The summed E-state index contributed by atoms with van der Waals surface area (Å²) in [5.41, 5.74) is 27.9. The van der Waals surface area contributed by atoms with Crippen molar-refractivity contribution in [3.8, 4) is 11.4 Å². The maximum atomic E-state index is 2.66. The van der Waals surface area contributed by atoms with E-state index in [0.717, 1.165) is 96.2 Å². The molecule has 0 fully saturated rings. The lowest BCUT2D eigenvalue weighted by Crippen LogP contribution is -2.65. The predicted molar refractivity (Wildman–Crippen MR) is 451 cm³/mol. The molecule has 0 aliphatic carbocycles. The van der Waals surface area contributed by atoms with Crippen molar-refractivity contribution in [2.45, 2.75) is 0 Å². The second kappa shape index (κ2) is 21.9. The minimum atomic E-state index is -0.196. The van der Waals surface area contributed by atoms with Crippen LogP contribution in [0.5, 0.6) is 0 Å². The van der Waals surface area contributed by atoms with Gasteiger partial charge in [0.15, 0.2) is 0 Å². The smallest absolute Gasteiger partial charge is 0.252 e. The van der Waals surface area contributed by atoms with Crippen LogP contribution in [0.4, 0.5) is 68.2 Å². The largest absolute Gasteiger partial charge is 0.311 e. The number of rotatable bonds is 6. The molecule has 18 aromatic carbocycles. The van der Waals surface area contributed by atoms with E-state index in [4.69, 9.17) is 0 Å². The van der Waals surface area contributed by atoms with Crippen LogP contribution in [0.15, 0.2) is 364 Å². The zero-order chi connectivity index (χ0) is 69.0. The Balaban J connectivity index is 0.836. The second-order valence-electron chi connectivity index (χ2n) is 29.0. The number of aromatic nitrogens is 2. The average Bonchev–Trinajstić information content (AvgIpc) is 1.68. The number of benzene rings is 18. The first-order valence-corrected chi connectivity index (χ1v) is 36.9. The van der Waals surface area contributed by atoms with E-state index < -0.39 is 0 Å². The van der Waals surface area contributed by atoms with Crippen molar-refractivity contribution < 1.29 is 0 Å². The van der Waals surface area contributed by atoms with Gasteiger partial charge in [-0.05, 0) is 190 Å². The quantitative estimate of drug-likeness (QED) is 0.122. The standard InChI is InChI=1S/C98H60B2N6/c1-5-30-64(31-6-1)101-81-47-25-23-45-77(81)99-79-59-80-87(60-86(79)103(66-34-9-3-10-35-66)90-56-68(55-88(101)96(90)99)105-83-52-49-61-27-13-16-38-70(61)92(83)93-71-39-17-14-28-62(71)50-53-84(93)105)104(67-36-11-4-12-37-67)91-58-69(57-89-97(91)100(80)78-46-24-26-48-82(78)102(89)65-32-7-2-8-33-65)106-85-54-51-63-29-15-18-40-72(63)94(85)95-75-43-21-19-41-73(75)74-42-20-22-44-76(74)98(95)106/h1-60H. The first-order chi connectivity index (χ1) is 52.7. The van der Waals surface area contributed by atoms with E-state index in [0.29, 0.717) is 0 Å². The zero-order valence-corrected chi connectivity index (χ0v) is 57.5. The Morgan fingerprint density at radius 1 is 0.179 bits per heavy atom. The normalized spacial score (nSPS) is 13.4. The lowest BCUT2D eigenvalue weighted by atomic mass is 9.30. The fourth-order valence-electron chi connectivity index (χ4n) is 19.6. The Morgan fingerprint density at radius 3 is 0.915 bits per heavy atom. The van der Waals surface area contributed by atoms with Crippen molar-refractivity contribution in [2.24, 2.45) is 0 Å². The van der Waals surface area contributed by atoms with Crippen LogP contribution in [-0.2, 0) is 0 Å². The van der Waals surface area contributed by atoms with Gasteiger partial charge < -0.3 is 28.7 Å². The maximum Gasteiger partial charge on any atom is 0.252 e. The zero-order valence-electron chi connectivity index (χ0n) is 57.5. The van der Waals surface area contributed by atoms with Crippen LogP contribution in [0.1, 0.15) is 0 Å². The Bertz CT molecular complexity index is 7100.